The van der Waals surface area contributed by atoms with E-state index >= 15 is 0 Å². The molecule has 0 heterocycles. The summed E-state index contributed by atoms with van der Waals surface area (Å²) < 4.78 is 0. The van der Waals surface area contributed by atoms with Gasteiger partial charge in [-0.2, -0.15) is 0 Å². The predicted octanol–water partition coefficient (Wildman–Crippen LogP) is 1.04. The molecule has 0 fully saturated rings. The summed E-state index contributed by atoms with van der Waals surface area (Å²) in [5.74, 6) is 0. The van der Waals surface area contributed by atoms with Gasteiger partial charge in [0.15, 0.2) is 0 Å². The van der Waals surface area contributed by atoms with Crippen molar-refractivity contribution < 1.29 is 4.79 Å². The molecule has 15 heavy (non-hydrogen) atoms. The molecule has 0 unspecified atom stereocenters. The Bertz CT molecular complexity index is 325. The van der Waals surface area contributed by atoms with Crippen LogP contribution < -0.4 is 16.0 Å². The van der Waals surface area contributed by atoms with Crippen LogP contribution in [0.25, 0.3) is 0 Å². The van der Waals surface area contributed by atoms with Gasteiger partial charge in [-0.3, -0.25) is 4.79 Å². The molecule has 0 aromatic heterocycles. The molecule has 1 rings (SSSR count). The molecule has 82 valence electrons. The number of hydrogen-bond acceptors (Lipinski definition) is 3. The molecule has 0 radical (unpaired) electrons. The van der Waals surface area contributed by atoms with Gasteiger partial charge in [0.2, 0.25) is 6.41 Å². The normalized spacial score (nSPS) is 11.9. The maximum Gasteiger partial charge on any atom is 0.211 e. The third-order valence-electron chi connectivity index (χ3n) is 2.09. The van der Waals surface area contributed by atoms with Gasteiger partial charge in [0.1, 0.15) is 0 Å². The molecule has 1 aromatic carbocycles. The molecular formula is C11H17N3O. The monoisotopic (exact) mass is 207 g/mol. The van der Waals surface area contributed by atoms with Crippen molar-refractivity contribution in [3.63, 3.8) is 0 Å². The lowest BCUT2D eigenvalue weighted by Crippen LogP contribution is -2.33. The number of likely N-dealkylation sites (N-methyl/N-ethyl adjacent to an activating group) is 1. The van der Waals surface area contributed by atoms with Crippen LogP contribution >= 0.6 is 0 Å². The molecule has 1 aromatic rings. The van der Waals surface area contributed by atoms with Crippen LogP contribution in [0.15, 0.2) is 24.3 Å². The summed E-state index contributed by atoms with van der Waals surface area (Å²) in [6.45, 7) is 2.70. The van der Waals surface area contributed by atoms with Crippen LogP contribution in [0.3, 0.4) is 0 Å². The van der Waals surface area contributed by atoms with E-state index in [0.717, 1.165) is 17.9 Å². The summed E-state index contributed by atoms with van der Waals surface area (Å²) >= 11 is 0. The Morgan fingerprint density at radius 3 is 2.80 bits per heavy atom. The van der Waals surface area contributed by atoms with Crippen molar-refractivity contribution in [2.24, 2.45) is 5.73 Å². The molecule has 4 nitrogen and oxygen atoms in total. The van der Waals surface area contributed by atoms with Crippen molar-refractivity contribution in [2.45, 2.75) is 13.0 Å². The Morgan fingerprint density at radius 2 is 2.20 bits per heavy atom. The molecule has 0 aliphatic carbocycles. The summed E-state index contributed by atoms with van der Waals surface area (Å²) in [4.78, 5) is 12.4. The predicted molar refractivity (Wildman–Crippen MR) is 63.0 cm³/mol. The molecule has 1 amide bonds. The fraction of sp³-hybridized carbons (Fsp3) is 0.364. The molecule has 0 aliphatic rings. The number of hydrogen-bond donors (Lipinski definition) is 2. The summed E-state index contributed by atoms with van der Waals surface area (Å²) in [5, 5.41) is 2.67. The number of rotatable bonds is 5. The van der Waals surface area contributed by atoms with Crippen molar-refractivity contribution >= 4 is 17.8 Å². The fourth-order valence-electron chi connectivity index (χ4n) is 1.52. The van der Waals surface area contributed by atoms with E-state index in [1.807, 2.05) is 43.1 Å². The van der Waals surface area contributed by atoms with Crippen molar-refractivity contribution in [1.29, 1.82) is 0 Å². The summed E-state index contributed by atoms with van der Waals surface area (Å²) in [6, 6.07) is 7.73. The minimum absolute atomic E-state index is 0.0966. The zero-order valence-corrected chi connectivity index (χ0v) is 9.10. The lowest BCUT2D eigenvalue weighted by Gasteiger charge is -2.23. The number of nitrogens with one attached hydrogen (secondary N) is 1. The standard InChI is InChI=1S/C11H17N3O/c1-9(12)7-14(2)11-6-4-3-5-10(11)13-8-15/h3-6,8-9H,7,12H2,1-2H3,(H,13,15)/t9-/m1/s1. The first-order valence-electron chi connectivity index (χ1n) is 4.91. The van der Waals surface area contributed by atoms with Gasteiger partial charge >= 0.3 is 0 Å². The molecule has 0 saturated carbocycles. The van der Waals surface area contributed by atoms with Gasteiger partial charge < -0.3 is 16.0 Å². The number of carbonyl (C=O) groups excluding carboxylic acids is 1. The van der Waals surface area contributed by atoms with Gasteiger partial charge in [0, 0.05) is 19.6 Å². The molecule has 0 aliphatic heterocycles. The Kier molecular flexibility index (Phi) is 4.12. The topological polar surface area (TPSA) is 58.4 Å². The highest BCUT2D eigenvalue weighted by atomic mass is 16.1. The minimum Gasteiger partial charge on any atom is -0.371 e. The number of amides is 1. The van der Waals surface area contributed by atoms with Crippen LogP contribution in [0.5, 0.6) is 0 Å². The molecule has 4 heteroatoms. The second kappa shape index (κ2) is 5.36. The van der Waals surface area contributed by atoms with E-state index in [1.165, 1.54) is 0 Å². The van der Waals surface area contributed by atoms with Crippen LogP contribution in [0, 0.1) is 0 Å². The van der Waals surface area contributed by atoms with Crippen LogP contribution in [0.2, 0.25) is 0 Å². The number of anilines is 2. The SMILES string of the molecule is C[C@@H](N)CN(C)c1ccccc1NC=O. The average Bonchev–Trinajstić information content (AvgIpc) is 2.18. The molecule has 0 bridgehead atoms. The van der Waals surface area contributed by atoms with Crippen molar-refractivity contribution in [3.8, 4) is 0 Å². The lowest BCUT2D eigenvalue weighted by molar-refractivity contribution is -0.105. The zero-order chi connectivity index (χ0) is 11.3. The summed E-state index contributed by atoms with van der Waals surface area (Å²) in [6.07, 6.45) is 0.679. The molecule has 3 N–H and O–H groups in total. The smallest absolute Gasteiger partial charge is 0.211 e. The van der Waals surface area contributed by atoms with E-state index < -0.39 is 0 Å². The number of nitrogens with two attached hydrogens (primary N) is 1. The van der Waals surface area contributed by atoms with E-state index in [-0.39, 0.29) is 6.04 Å². The van der Waals surface area contributed by atoms with E-state index in [4.69, 9.17) is 5.73 Å². The van der Waals surface area contributed by atoms with Crippen LogP contribution in [0.4, 0.5) is 11.4 Å². The van der Waals surface area contributed by atoms with Gasteiger partial charge in [-0.05, 0) is 19.1 Å². The Hall–Kier alpha value is -1.55. The van der Waals surface area contributed by atoms with Crippen molar-refractivity contribution in [2.75, 3.05) is 23.8 Å². The number of benzene rings is 1. The number of carbonyl (C=O) groups is 1. The number of para-hydroxylation sites is 2. The summed E-state index contributed by atoms with van der Waals surface area (Å²) in [5.41, 5.74) is 7.50. The molecular weight excluding hydrogens is 190 g/mol. The first kappa shape index (κ1) is 11.5. The Balaban J connectivity index is 2.86. The van der Waals surface area contributed by atoms with Gasteiger partial charge in [-0.15, -0.1) is 0 Å². The van der Waals surface area contributed by atoms with Crippen LogP contribution in [-0.4, -0.2) is 26.0 Å². The highest BCUT2D eigenvalue weighted by Crippen LogP contribution is 2.23. The highest BCUT2D eigenvalue weighted by Gasteiger charge is 2.07. The fourth-order valence-corrected chi connectivity index (χ4v) is 1.52. The highest BCUT2D eigenvalue weighted by molar-refractivity contribution is 5.81. The molecule has 1 atom stereocenters. The van der Waals surface area contributed by atoms with Gasteiger partial charge in [0.25, 0.3) is 0 Å². The van der Waals surface area contributed by atoms with Gasteiger partial charge in [0.05, 0.1) is 11.4 Å². The first-order valence-corrected chi connectivity index (χ1v) is 4.91. The van der Waals surface area contributed by atoms with Gasteiger partial charge in [-0.1, -0.05) is 12.1 Å². The second-order valence-electron chi connectivity index (χ2n) is 3.64. The third-order valence-corrected chi connectivity index (χ3v) is 2.09. The maximum atomic E-state index is 10.4. The lowest BCUT2D eigenvalue weighted by atomic mass is 10.2. The molecule has 0 spiro atoms. The third kappa shape index (κ3) is 3.25. The largest absolute Gasteiger partial charge is 0.371 e. The Morgan fingerprint density at radius 1 is 1.53 bits per heavy atom. The second-order valence-corrected chi connectivity index (χ2v) is 3.64. The summed E-state index contributed by atoms with van der Waals surface area (Å²) in [7, 11) is 1.95. The minimum atomic E-state index is 0.0966. The van der Waals surface area contributed by atoms with Crippen LogP contribution in [-0.2, 0) is 4.79 Å². The first-order chi connectivity index (χ1) is 7.15. The van der Waals surface area contributed by atoms with Gasteiger partial charge in [-0.25, -0.2) is 0 Å². The molecule has 0 saturated heterocycles. The van der Waals surface area contributed by atoms with E-state index in [2.05, 4.69) is 5.32 Å². The van der Waals surface area contributed by atoms with Crippen LogP contribution in [0.1, 0.15) is 6.92 Å². The van der Waals surface area contributed by atoms with E-state index in [1.54, 1.807) is 0 Å². The Labute approximate surface area is 90.1 Å². The average molecular weight is 207 g/mol. The maximum absolute atomic E-state index is 10.4. The number of nitrogens with zero attached hydrogens (tertiary/aromatic N) is 1. The van der Waals surface area contributed by atoms with Crippen molar-refractivity contribution in [3.05, 3.63) is 24.3 Å². The quantitative estimate of drug-likeness (QED) is 0.709. The van der Waals surface area contributed by atoms with E-state index in [9.17, 15) is 4.79 Å². The van der Waals surface area contributed by atoms with Crippen molar-refractivity contribution in [1.82, 2.24) is 0 Å². The van der Waals surface area contributed by atoms with E-state index in [0.29, 0.717) is 6.41 Å². The zero-order valence-electron chi connectivity index (χ0n) is 9.10.